The van der Waals surface area contributed by atoms with Crippen molar-refractivity contribution in [1.82, 2.24) is 39.2 Å². The molecular formula is C95H131ClF12N10O18. The highest BCUT2D eigenvalue weighted by Crippen LogP contribution is 2.46. The third kappa shape index (κ3) is 32.5. The molecule has 6 N–H and O–H groups in total. The van der Waals surface area contributed by atoms with Crippen molar-refractivity contribution in [2.24, 2.45) is 0 Å². The molecule has 4 aromatic rings. The van der Waals surface area contributed by atoms with Crippen LogP contribution in [0.15, 0.2) is 72.8 Å². The molecule has 4 aromatic carbocycles. The number of anilines is 2. The van der Waals surface area contributed by atoms with Gasteiger partial charge < -0.3 is 79.1 Å². The number of hydrogen-bond acceptors (Lipinski definition) is 20. The van der Waals surface area contributed by atoms with E-state index in [4.69, 9.17) is 41.5 Å². The van der Waals surface area contributed by atoms with Gasteiger partial charge in [-0.1, -0.05) is 48.0 Å². The minimum atomic E-state index is -4.58. The smallest absolute Gasteiger partial charge is 0.425 e. The zero-order chi connectivity index (χ0) is 99.7. The fraction of sp³-hybridized carbons (Fsp3) is 0.663. The van der Waals surface area contributed by atoms with Crippen LogP contribution in [0.1, 0.15) is 221 Å². The summed E-state index contributed by atoms with van der Waals surface area (Å²) < 4.78 is 183. The minimum Gasteiger partial charge on any atom is -0.493 e. The molecule has 12 rings (SSSR count). The SMILES string of the molecule is CC(OC(=O)N1CCC2(CCCN2Cc2ccc(Cl)cc2OCCCC(=O)O)CC1)C(F)(F)F.Cc1cc(CN2CCCC23CCN(C(=O)OC(C)C(F)(F)F)CC3)cc(NCCCC(=O)O)c1.Cc1ccc(CN2CCCC23CCN(C(=O)OC(C)C(F)(F)F)CC3)c(NCCCC(=O)O)c1.Cc1ccc(CN2CCCC23CCN(C(=O)OC(C)C(F)(F)F)CC3)c(OCCCC(=O)O)c1. The van der Waals surface area contributed by atoms with Crippen molar-refractivity contribution in [2.45, 2.75) is 300 Å². The summed E-state index contributed by atoms with van der Waals surface area (Å²) >= 11 is 6.14. The number of aliphatic carboxylic acids is 4. The van der Waals surface area contributed by atoms with Gasteiger partial charge in [-0.15, -0.1) is 0 Å². The standard InChI is InChI=1S/2C24H34F3N3O4.C24H33F3N2O5.C23H30ClF3N2O5/c1-17-6-7-19(20(15-17)28-11-3-5-21(31)32)16-30-12-4-8-23(30)9-13-29(14-10-23)22(33)34-18(2)24(25,26)27;1-17-13-19(15-20(14-17)28-9-3-5-21(31)32)16-30-10-4-6-23(30)7-11-29(12-8-23)22(33)34-18(2)24(25,26)27;1-17-6-7-19(20(15-17)33-14-3-5-21(30)31)16-29-11-4-8-23(29)9-12-28(13-10-23)22(32)34-18(2)24(25,26)27;1-16(23(25,26)27)34-21(32)28-11-8-22(9-12-28)7-3-10-29(22)15-17-5-6-18(24)14-19(17)33-13-2-4-20(30)31/h6-7,15,18,28H,3-5,8-14,16H2,1-2H3,(H,31,32);13-15,18,28H,3-12,16H2,1-2H3,(H,31,32);6-7,15,18H,3-5,8-14,16H2,1-2H3,(H,30,31);5-6,14,16H,2-4,7-13,15H2,1H3,(H,30,31). The van der Waals surface area contributed by atoms with Crippen molar-refractivity contribution in [2.75, 3.05) is 115 Å². The number of likely N-dealkylation sites (tertiary alicyclic amines) is 8. The van der Waals surface area contributed by atoms with Crippen LogP contribution in [-0.4, -0.2) is 284 Å². The summed E-state index contributed by atoms with van der Waals surface area (Å²) in [6.07, 6.45) is -14.9. The molecule has 4 unspecified atom stereocenters. The maximum atomic E-state index is 12.7. The predicted molar refractivity (Wildman–Crippen MR) is 481 cm³/mol. The Morgan fingerprint density at radius 2 is 0.662 bits per heavy atom. The largest absolute Gasteiger partial charge is 0.493 e. The van der Waals surface area contributed by atoms with Crippen LogP contribution in [0.2, 0.25) is 5.02 Å². The first-order valence-corrected chi connectivity index (χ1v) is 47.1. The minimum absolute atomic E-state index is 0.0197. The molecule has 4 spiro atoms. The van der Waals surface area contributed by atoms with Gasteiger partial charge in [-0.25, -0.2) is 19.2 Å². The molecule has 0 saturated carbocycles. The summed E-state index contributed by atoms with van der Waals surface area (Å²) in [4.78, 5) is 107. The number of benzene rings is 4. The zero-order valence-electron chi connectivity index (χ0n) is 78.3. The van der Waals surface area contributed by atoms with Crippen molar-refractivity contribution in [1.29, 1.82) is 0 Å². The predicted octanol–water partition coefficient (Wildman–Crippen LogP) is 19.4. The summed E-state index contributed by atoms with van der Waals surface area (Å²) in [7, 11) is 0. The number of aryl methyl sites for hydroxylation is 3. The number of nitrogens with one attached hydrogen (secondary N) is 2. The Kier molecular flexibility index (Phi) is 39.8. The number of carboxylic acid groups (broad SMARTS) is 4. The molecule has 8 saturated heterocycles. The maximum Gasteiger partial charge on any atom is 0.425 e. The topological polar surface area (TPSA) is 323 Å². The maximum absolute atomic E-state index is 12.7. The van der Waals surface area contributed by atoms with E-state index in [1.807, 2.05) is 51.1 Å². The third-order valence-corrected chi connectivity index (χ3v) is 27.4. The van der Waals surface area contributed by atoms with Gasteiger partial charge in [-0.2, -0.15) is 52.7 Å². The van der Waals surface area contributed by atoms with Crippen LogP contribution in [0.5, 0.6) is 11.5 Å². The normalized spacial score (nSPS) is 19.3. The summed E-state index contributed by atoms with van der Waals surface area (Å²) in [5.41, 5.74) is 9.06. The van der Waals surface area contributed by atoms with Gasteiger partial charge in [0.1, 0.15) is 11.5 Å². The highest BCUT2D eigenvalue weighted by Gasteiger charge is 2.52. The number of nitrogens with zero attached hydrogens (tertiary/aromatic N) is 8. The lowest BCUT2D eigenvalue weighted by molar-refractivity contribution is -0.200. The molecule has 0 radical (unpaired) electrons. The van der Waals surface area contributed by atoms with Crippen molar-refractivity contribution >= 4 is 71.2 Å². The molecule has 8 heterocycles. The molecule has 136 heavy (non-hydrogen) atoms. The van der Waals surface area contributed by atoms with Crippen LogP contribution in [0.4, 0.5) is 83.2 Å². The van der Waals surface area contributed by atoms with E-state index < -0.39 is 97.4 Å². The number of alkyl halides is 12. The van der Waals surface area contributed by atoms with Crippen molar-refractivity contribution in [3.63, 3.8) is 0 Å². The van der Waals surface area contributed by atoms with Gasteiger partial charge in [0.25, 0.3) is 0 Å². The Bertz CT molecular complexity index is 4280. The molecule has 8 fully saturated rings. The van der Waals surface area contributed by atoms with Crippen LogP contribution < -0.4 is 20.1 Å². The second kappa shape index (κ2) is 49.3. The molecule has 4 atom stereocenters. The van der Waals surface area contributed by atoms with Crippen molar-refractivity contribution < 1.29 is 140 Å². The second-order valence-electron chi connectivity index (χ2n) is 37.0. The van der Waals surface area contributed by atoms with Crippen LogP contribution in [0, 0.1) is 20.8 Å². The molecule has 28 nitrogen and oxygen atoms in total. The summed E-state index contributed by atoms with van der Waals surface area (Å²) in [5, 5.41) is 42.5. The lowest BCUT2D eigenvalue weighted by Gasteiger charge is -2.45. The highest BCUT2D eigenvalue weighted by molar-refractivity contribution is 6.30. The number of piperidine rings is 4. The summed E-state index contributed by atoms with van der Waals surface area (Å²) in [6, 6.07) is 23.9. The van der Waals surface area contributed by atoms with E-state index in [0.29, 0.717) is 173 Å². The Hall–Kier alpha value is -9.67. The van der Waals surface area contributed by atoms with E-state index in [-0.39, 0.29) is 54.4 Å². The Morgan fingerprint density at radius 3 is 1.01 bits per heavy atom. The molecule has 41 heteroatoms. The van der Waals surface area contributed by atoms with Gasteiger partial charge in [0.05, 0.1) is 13.2 Å². The van der Waals surface area contributed by atoms with Gasteiger partial charge in [-0.3, -0.25) is 38.8 Å². The fourth-order valence-electron chi connectivity index (χ4n) is 19.2. The lowest BCUT2D eigenvalue weighted by Crippen LogP contribution is -2.53. The Labute approximate surface area is 790 Å². The zero-order valence-corrected chi connectivity index (χ0v) is 79.1. The Morgan fingerprint density at radius 1 is 0.360 bits per heavy atom. The van der Waals surface area contributed by atoms with Crippen LogP contribution in [0.25, 0.3) is 0 Å². The van der Waals surface area contributed by atoms with Crippen LogP contribution in [0.3, 0.4) is 0 Å². The van der Waals surface area contributed by atoms with E-state index in [0.717, 1.165) is 174 Å². The average Bonchev–Trinajstić information content (AvgIpc) is 1.59. The van der Waals surface area contributed by atoms with E-state index in [1.54, 1.807) is 12.1 Å². The van der Waals surface area contributed by atoms with E-state index in [2.05, 4.69) is 79.5 Å². The number of halogens is 13. The number of carbonyl (C=O) groups is 8. The first kappa shape index (κ1) is 110. The number of ether oxygens (including phenoxy) is 6. The number of carboxylic acids is 4. The van der Waals surface area contributed by atoms with E-state index in [9.17, 15) is 91.0 Å². The van der Waals surface area contributed by atoms with E-state index in [1.165, 1.54) is 19.6 Å². The number of amides is 4. The molecular weight excluding hydrogens is 1830 g/mol. The molecule has 4 amide bonds. The van der Waals surface area contributed by atoms with Gasteiger partial charge in [0.2, 0.25) is 0 Å². The Balaban J connectivity index is 0.000000203. The third-order valence-electron chi connectivity index (χ3n) is 27.2. The van der Waals surface area contributed by atoms with E-state index >= 15 is 0 Å². The number of rotatable bonds is 32. The quantitative estimate of drug-likeness (QED) is 0.0150. The summed E-state index contributed by atoms with van der Waals surface area (Å²) in [5.74, 6) is -1.99. The van der Waals surface area contributed by atoms with Crippen LogP contribution >= 0.6 is 11.6 Å². The second-order valence-corrected chi connectivity index (χ2v) is 37.4. The van der Waals surface area contributed by atoms with Gasteiger partial charge in [0.15, 0.2) is 24.4 Å². The van der Waals surface area contributed by atoms with Crippen molar-refractivity contribution in [3.05, 3.63) is 117 Å². The molecule has 0 aromatic heterocycles. The first-order valence-electron chi connectivity index (χ1n) is 46.8. The summed E-state index contributed by atoms with van der Waals surface area (Å²) in [6.45, 7) is 20.3. The number of hydrogen-bond donors (Lipinski definition) is 6. The van der Waals surface area contributed by atoms with Gasteiger partial charge in [-0.05, 0) is 267 Å². The fourth-order valence-corrected chi connectivity index (χ4v) is 19.3. The molecule has 0 bridgehead atoms. The monoisotopic (exact) mass is 1960 g/mol. The molecule has 760 valence electrons. The first-order chi connectivity index (χ1) is 64.0. The van der Waals surface area contributed by atoms with Gasteiger partial charge in [0, 0.05) is 167 Å². The van der Waals surface area contributed by atoms with Gasteiger partial charge >= 0.3 is 73.0 Å². The molecule has 8 aliphatic heterocycles. The number of carbonyl (C=O) groups excluding carboxylic acids is 4. The van der Waals surface area contributed by atoms with Crippen molar-refractivity contribution in [3.8, 4) is 11.5 Å². The average molecular weight is 1960 g/mol. The highest BCUT2D eigenvalue weighted by atomic mass is 35.5. The molecule has 8 aliphatic rings. The lowest BCUT2D eigenvalue weighted by atomic mass is 9.84. The molecule has 0 aliphatic carbocycles. The van der Waals surface area contributed by atoms with Crippen LogP contribution in [-0.2, 0) is 64.3 Å².